The van der Waals surface area contributed by atoms with Gasteiger partial charge in [0, 0.05) is 5.92 Å². The predicted molar refractivity (Wildman–Crippen MR) is 92.2 cm³/mol. The lowest BCUT2D eigenvalue weighted by molar-refractivity contribution is -0.121. The number of carbonyl (C=O) groups excluding carboxylic acids is 2. The highest BCUT2D eigenvalue weighted by atomic mass is 16.2. The zero-order valence-electron chi connectivity index (χ0n) is 13.5. The number of benzene rings is 1. The lowest BCUT2D eigenvalue weighted by Gasteiger charge is -2.24. The molecule has 0 radical (unpaired) electrons. The molecular formula is C18H20N4O2. The van der Waals surface area contributed by atoms with Crippen molar-refractivity contribution < 1.29 is 9.59 Å². The summed E-state index contributed by atoms with van der Waals surface area (Å²) >= 11 is 0. The van der Waals surface area contributed by atoms with E-state index >= 15 is 0 Å². The normalized spacial score (nSPS) is 16.1. The Labute approximate surface area is 140 Å². The molecule has 124 valence electrons. The summed E-state index contributed by atoms with van der Waals surface area (Å²) in [5.74, 6) is 0.265. The van der Waals surface area contributed by atoms with Gasteiger partial charge in [0.1, 0.15) is 11.4 Å². The molecule has 1 atom stereocenters. The first-order valence-corrected chi connectivity index (χ1v) is 7.89. The Hall–Kier alpha value is -2.73. The van der Waals surface area contributed by atoms with Crippen molar-refractivity contribution in [2.75, 3.05) is 10.6 Å². The van der Waals surface area contributed by atoms with Gasteiger partial charge in [-0.3, -0.25) is 9.59 Å². The Balaban J connectivity index is 1.64. The van der Waals surface area contributed by atoms with Crippen LogP contribution in [-0.4, -0.2) is 16.8 Å². The van der Waals surface area contributed by atoms with Crippen LogP contribution in [0.25, 0.3) is 0 Å². The minimum absolute atomic E-state index is 0.00195. The summed E-state index contributed by atoms with van der Waals surface area (Å²) in [5.41, 5.74) is 6.27. The molecule has 2 amide bonds. The van der Waals surface area contributed by atoms with Gasteiger partial charge in [-0.15, -0.1) is 0 Å². The maximum absolute atomic E-state index is 12.5. The first kappa shape index (κ1) is 16.1. The van der Waals surface area contributed by atoms with Gasteiger partial charge >= 0.3 is 0 Å². The molecule has 0 saturated heterocycles. The molecule has 0 bridgehead atoms. The van der Waals surface area contributed by atoms with Crippen LogP contribution in [-0.2, 0) is 15.1 Å². The number of nitrogens with one attached hydrogen (secondary N) is 2. The van der Waals surface area contributed by atoms with E-state index in [1.807, 2.05) is 30.3 Å². The second kappa shape index (κ2) is 6.41. The Morgan fingerprint density at radius 3 is 2.42 bits per heavy atom. The topological polar surface area (TPSA) is 97.1 Å². The van der Waals surface area contributed by atoms with Gasteiger partial charge in [0.2, 0.25) is 11.8 Å². The molecule has 3 rings (SSSR count). The fourth-order valence-corrected chi connectivity index (χ4v) is 2.29. The van der Waals surface area contributed by atoms with Crippen molar-refractivity contribution in [1.29, 1.82) is 0 Å². The van der Waals surface area contributed by atoms with Crippen LogP contribution in [0, 0.1) is 5.92 Å². The van der Waals surface area contributed by atoms with E-state index in [2.05, 4.69) is 15.6 Å². The quantitative estimate of drug-likeness (QED) is 0.785. The van der Waals surface area contributed by atoms with E-state index in [-0.39, 0.29) is 17.7 Å². The second-order valence-corrected chi connectivity index (χ2v) is 6.22. The Morgan fingerprint density at radius 2 is 1.83 bits per heavy atom. The van der Waals surface area contributed by atoms with Gasteiger partial charge in [-0.1, -0.05) is 30.3 Å². The van der Waals surface area contributed by atoms with E-state index in [9.17, 15) is 9.59 Å². The number of pyridine rings is 1. The van der Waals surface area contributed by atoms with Crippen molar-refractivity contribution >= 4 is 23.3 Å². The highest BCUT2D eigenvalue weighted by molar-refractivity contribution is 5.98. The zero-order valence-corrected chi connectivity index (χ0v) is 13.5. The number of aromatic nitrogens is 1. The summed E-state index contributed by atoms with van der Waals surface area (Å²) in [5, 5.41) is 5.51. The van der Waals surface area contributed by atoms with Crippen LogP contribution < -0.4 is 16.4 Å². The fraction of sp³-hybridized carbons (Fsp3) is 0.278. The second-order valence-electron chi connectivity index (χ2n) is 6.22. The average Bonchev–Trinajstić information content (AvgIpc) is 3.42. The minimum atomic E-state index is -1.15. The summed E-state index contributed by atoms with van der Waals surface area (Å²) in [6, 6.07) is 12.5. The molecule has 0 aliphatic heterocycles. The Morgan fingerprint density at radius 1 is 1.12 bits per heavy atom. The van der Waals surface area contributed by atoms with Crippen LogP contribution in [0.4, 0.5) is 11.5 Å². The number of hydrogen-bond acceptors (Lipinski definition) is 4. The van der Waals surface area contributed by atoms with E-state index in [1.54, 1.807) is 19.1 Å². The molecule has 24 heavy (non-hydrogen) atoms. The SMILES string of the molecule is CC(N)(C(=O)Nc1ccc(NC(=O)C2CC2)nc1)c1ccccc1. The molecule has 6 nitrogen and oxygen atoms in total. The van der Waals surface area contributed by atoms with E-state index in [0.717, 1.165) is 18.4 Å². The molecular weight excluding hydrogens is 304 g/mol. The Bertz CT molecular complexity index is 737. The molecule has 1 aliphatic carbocycles. The first-order valence-electron chi connectivity index (χ1n) is 7.89. The van der Waals surface area contributed by atoms with Crippen LogP contribution in [0.1, 0.15) is 25.3 Å². The summed E-state index contributed by atoms with van der Waals surface area (Å²) in [6.07, 6.45) is 3.38. The predicted octanol–water partition coefficient (Wildman–Crippen LogP) is 2.24. The molecule has 1 unspecified atom stereocenters. The molecule has 1 aliphatic rings. The van der Waals surface area contributed by atoms with Gasteiger partial charge in [-0.25, -0.2) is 4.98 Å². The van der Waals surface area contributed by atoms with Gasteiger partial charge in [-0.2, -0.15) is 0 Å². The number of rotatable bonds is 5. The lowest BCUT2D eigenvalue weighted by atomic mass is 9.92. The monoisotopic (exact) mass is 324 g/mol. The van der Waals surface area contributed by atoms with Crippen molar-refractivity contribution in [3.63, 3.8) is 0 Å². The van der Waals surface area contributed by atoms with Crippen molar-refractivity contribution in [3.05, 3.63) is 54.2 Å². The molecule has 1 heterocycles. The highest BCUT2D eigenvalue weighted by Crippen LogP contribution is 2.30. The third kappa shape index (κ3) is 3.60. The Kier molecular flexibility index (Phi) is 4.31. The van der Waals surface area contributed by atoms with Gasteiger partial charge in [0.05, 0.1) is 11.9 Å². The van der Waals surface area contributed by atoms with Crippen LogP contribution in [0.2, 0.25) is 0 Å². The molecule has 1 fully saturated rings. The number of amides is 2. The molecule has 1 saturated carbocycles. The zero-order chi connectivity index (χ0) is 17.2. The van der Waals surface area contributed by atoms with E-state index < -0.39 is 5.54 Å². The van der Waals surface area contributed by atoms with Gasteiger partial charge in [0.25, 0.3) is 0 Å². The summed E-state index contributed by atoms with van der Waals surface area (Å²) in [6.45, 7) is 1.66. The maximum Gasteiger partial charge on any atom is 0.248 e. The van der Waals surface area contributed by atoms with Gasteiger partial charge in [-0.05, 0) is 37.5 Å². The van der Waals surface area contributed by atoms with Gasteiger partial charge in [0.15, 0.2) is 0 Å². The van der Waals surface area contributed by atoms with Crippen molar-refractivity contribution in [2.45, 2.75) is 25.3 Å². The maximum atomic E-state index is 12.5. The standard InChI is InChI=1S/C18H20N4O2/c1-18(19,13-5-3-2-4-6-13)17(24)21-14-9-10-15(20-11-14)22-16(23)12-7-8-12/h2-6,9-12H,7-8,19H2,1H3,(H,21,24)(H,20,22,23). The molecule has 6 heteroatoms. The largest absolute Gasteiger partial charge is 0.323 e. The van der Waals surface area contributed by atoms with Crippen molar-refractivity contribution in [2.24, 2.45) is 11.7 Å². The summed E-state index contributed by atoms with van der Waals surface area (Å²) in [7, 11) is 0. The third-order valence-electron chi connectivity index (χ3n) is 4.07. The van der Waals surface area contributed by atoms with Crippen molar-refractivity contribution in [1.82, 2.24) is 4.98 Å². The van der Waals surface area contributed by atoms with E-state index in [4.69, 9.17) is 5.73 Å². The first-order chi connectivity index (χ1) is 11.5. The van der Waals surface area contributed by atoms with Crippen LogP contribution in [0.15, 0.2) is 48.7 Å². The summed E-state index contributed by atoms with van der Waals surface area (Å²) in [4.78, 5) is 28.3. The molecule has 4 N–H and O–H groups in total. The third-order valence-corrected chi connectivity index (χ3v) is 4.07. The minimum Gasteiger partial charge on any atom is -0.323 e. The molecule has 1 aromatic carbocycles. The van der Waals surface area contributed by atoms with Crippen molar-refractivity contribution in [3.8, 4) is 0 Å². The van der Waals surface area contributed by atoms with E-state index in [0.29, 0.717) is 11.5 Å². The van der Waals surface area contributed by atoms with Gasteiger partial charge < -0.3 is 16.4 Å². The van der Waals surface area contributed by atoms with Crippen LogP contribution in [0.5, 0.6) is 0 Å². The lowest BCUT2D eigenvalue weighted by Crippen LogP contribution is -2.45. The van der Waals surface area contributed by atoms with Crippen LogP contribution in [0.3, 0.4) is 0 Å². The number of nitrogens with two attached hydrogens (primary N) is 1. The number of hydrogen-bond donors (Lipinski definition) is 3. The number of anilines is 2. The number of carbonyl (C=O) groups is 2. The fourth-order valence-electron chi connectivity index (χ4n) is 2.29. The molecule has 0 spiro atoms. The van der Waals surface area contributed by atoms with E-state index in [1.165, 1.54) is 6.20 Å². The van der Waals surface area contributed by atoms with Crippen LogP contribution >= 0.6 is 0 Å². The smallest absolute Gasteiger partial charge is 0.248 e. The summed E-state index contributed by atoms with van der Waals surface area (Å²) < 4.78 is 0. The molecule has 1 aromatic heterocycles. The highest BCUT2D eigenvalue weighted by Gasteiger charge is 2.31. The molecule has 2 aromatic rings. The average molecular weight is 324 g/mol. The number of nitrogens with zero attached hydrogens (tertiary/aromatic N) is 1.